The van der Waals surface area contributed by atoms with Gasteiger partial charge in [-0.05, 0) is 72.8 Å². The van der Waals surface area contributed by atoms with E-state index in [4.69, 9.17) is 8.83 Å². The molecule has 4 aromatic heterocycles. The predicted molar refractivity (Wildman–Crippen MR) is 190 cm³/mol. The molecule has 7 aromatic carbocycles. The maximum atomic E-state index is 7.12. The second-order valence-corrected chi connectivity index (χ2v) is 12.1. The summed E-state index contributed by atoms with van der Waals surface area (Å²) in [7, 11) is 0. The van der Waals surface area contributed by atoms with E-state index in [1.165, 1.54) is 5.39 Å². The molecule has 0 aliphatic heterocycles. The quantitative estimate of drug-likeness (QED) is 0.201. The summed E-state index contributed by atoms with van der Waals surface area (Å²) in [5, 5.41) is 9.04. The van der Waals surface area contributed by atoms with Crippen molar-refractivity contribution in [3.63, 3.8) is 0 Å². The van der Waals surface area contributed by atoms with Crippen LogP contribution in [0.4, 0.5) is 0 Å². The molecular weight excluding hydrogens is 564 g/mol. The number of hydrogen-bond acceptors (Lipinski definition) is 2. The molecule has 0 spiro atoms. The van der Waals surface area contributed by atoms with Crippen molar-refractivity contribution in [1.29, 1.82) is 0 Å². The summed E-state index contributed by atoms with van der Waals surface area (Å²) in [6.07, 6.45) is 0. The minimum Gasteiger partial charge on any atom is -0.456 e. The van der Waals surface area contributed by atoms with Gasteiger partial charge in [0.25, 0.3) is 0 Å². The fourth-order valence-electron chi connectivity index (χ4n) is 7.84. The molecule has 0 N–H and O–H groups in total. The molecule has 4 heteroatoms. The lowest BCUT2D eigenvalue weighted by Gasteiger charge is -2.08. The first-order valence-electron chi connectivity index (χ1n) is 15.6. The molecule has 46 heavy (non-hydrogen) atoms. The van der Waals surface area contributed by atoms with Crippen molar-refractivity contribution in [2.75, 3.05) is 0 Å². The molecule has 0 fully saturated rings. The van der Waals surface area contributed by atoms with Crippen LogP contribution in [0.25, 0.3) is 98.9 Å². The molecule has 11 aromatic rings. The number of hydrogen-bond donors (Lipinski definition) is 0. The van der Waals surface area contributed by atoms with Crippen molar-refractivity contribution in [1.82, 2.24) is 9.13 Å². The highest BCUT2D eigenvalue weighted by Gasteiger charge is 2.24. The average Bonchev–Trinajstić information content (AvgIpc) is 3.85. The number of benzene rings is 7. The minimum atomic E-state index is 0.880. The molecule has 4 heterocycles. The van der Waals surface area contributed by atoms with Gasteiger partial charge in [-0.2, -0.15) is 0 Å². The Morgan fingerprint density at radius 2 is 0.891 bits per heavy atom. The zero-order valence-corrected chi connectivity index (χ0v) is 24.6. The van der Waals surface area contributed by atoms with Crippen LogP contribution >= 0.6 is 0 Å². The van der Waals surface area contributed by atoms with E-state index in [1.807, 2.05) is 12.1 Å². The zero-order valence-electron chi connectivity index (χ0n) is 24.6. The van der Waals surface area contributed by atoms with E-state index in [0.29, 0.717) is 0 Å². The van der Waals surface area contributed by atoms with E-state index in [2.05, 4.69) is 143 Å². The Balaban J connectivity index is 1.35. The van der Waals surface area contributed by atoms with Crippen LogP contribution in [0.2, 0.25) is 0 Å². The van der Waals surface area contributed by atoms with Crippen LogP contribution in [0.3, 0.4) is 0 Å². The zero-order chi connectivity index (χ0) is 29.9. The summed E-state index contributed by atoms with van der Waals surface area (Å²) in [6.45, 7) is 0. The molecule has 11 rings (SSSR count). The molecule has 4 nitrogen and oxygen atoms in total. The average molecular weight is 589 g/mol. The largest absolute Gasteiger partial charge is 0.456 e. The van der Waals surface area contributed by atoms with Crippen molar-refractivity contribution in [3.8, 4) is 11.4 Å². The van der Waals surface area contributed by atoms with E-state index < -0.39 is 0 Å². The third-order valence-electron chi connectivity index (χ3n) is 9.70. The van der Waals surface area contributed by atoms with Crippen molar-refractivity contribution in [2.45, 2.75) is 0 Å². The number of furan rings is 2. The highest BCUT2D eigenvalue weighted by Crippen LogP contribution is 2.46. The Labute approximate surface area is 261 Å². The molecule has 0 atom stereocenters. The van der Waals surface area contributed by atoms with Crippen LogP contribution in [0, 0.1) is 0 Å². The number of fused-ring (bicyclic) bond motifs is 15. The minimum absolute atomic E-state index is 0.880. The van der Waals surface area contributed by atoms with Gasteiger partial charge in [-0.15, -0.1) is 0 Å². The van der Waals surface area contributed by atoms with Crippen LogP contribution < -0.4 is 0 Å². The standard InChI is InChI=1S/C42H24N2O2/c1-3-11-25(12-4-1)43-32-17-9-7-15-29(32)37-33(43)22-19-27-28-20-23-34-38(42(28)46-41(27)37)31-21-24-36-39(30-16-8-10-18-35(30)45-36)40(31)44(34)26-13-5-2-6-14-26/h1-24H. The summed E-state index contributed by atoms with van der Waals surface area (Å²) in [5.74, 6) is 0. The third-order valence-corrected chi connectivity index (χ3v) is 9.70. The Morgan fingerprint density at radius 3 is 1.63 bits per heavy atom. The summed E-state index contributed by atoms with van der Waals surface area (Å²) in [5.41, 5.74) is 10.4. The highest BCUT2D eigenvalue weighted by molar-refractivity contribution is 6.32. The maximum absolute atomic E-state index is 7.12. The fraction of sp³-hybridized carbons (Fsp3) is 0. The first-order chi connectivity index (χ1) is 22.8. The van der Waals surface area contributed by atoms with Crippen LogP contribution in [0.1, 0.15) is 0 Å². The van der Waals surface area contributed by atoms with Gasteiger partial charge in [0, 0.05) is 38.3 Å². The van der Waals surface area contributed by atoms with Gasteiger partial charge >= 0.3 is 0 Å². The fourth-order valence-corrected chi connectivity index (χ4v) is 7.84. The molecule has 0 bridgehead atoms. The summed E-state index contributed by atoms with van der Waals surface area (Å²) >= 11 is 0. The van der Waals surface area contributed by atoms with Gasteiger partial charge in [-0.3, -0.25) is 0 Å². The highest BCUT2D eigenvalue weighted by atomic mass is 16.3. The maximum Gasteiger partial charge on any atom is 0.145 e. The number of rotatable bonds is 2. The lowest BCUT2D eigenvalue weighted by atomic mass is 10.0. The molecule has 0 unspecified atom stereocenters. The molecular formula is C42H24N2O2. The molecule has 0 aliphatic rings. The van der Waals surface area contributed by atoms with Crippen LogP contribution in [-0.2, 0) is 0 Å². The molecule has 214 valence electrons. The van der Waals surface area contributed by atoms with E-state index in [1.54, 1.807) is 0 Å². The van der Waals surface area contributed by atoms with Crippen molar-refractivity contribution >= 4 is 87.5 Å². The number of nitrogens with zero attached hydrogens (tertiary/aromatic N) is 2. The Morgan fingerprint density at radius 1 is 0.326 bits per heavy atom. The Hall–Kier alpha value is -6.26. The van der Waals surface area contributed by atoms with Crippen LogP contribution in [0.15, 0.2) is 154 Å². The monoisotopic (exact) mass is 588 g/mol. The summed E-state index contributed by atoms with van der Waals surface area (Å²) in [4.78, 5) is 0. The SMILES string of the molecule is c1ccc(-n2c3ccccc3c3c4oc5c(ccc6c5c5ccc7oc8ccccc8c7c5n6-c5ccccc5)c4ccc32)cc1. The smallest absolute Gasteiger partial charge is 0.145 e. The van der Waals surface area contributed by atoms with Gasteiger partial charge in [0.05, 0.1) is 38.2 Å². The van der Waals surface area contributed by atoms with Crippen molar-refractivity contribution in [3.05, 3.63) is 146 Å². The van der Waals surface area contributed by atoms with Crippen LogP contribution in [0.5, 0.6) is 0 Å². The summed E-state index contributed by atoms with van der Waals surface area (Å²) < 4.78 is 18.2. The summed E-state index contributed by atoms with van der Waals surface area (Å²) in [6, 6.07) is 51.4. The first-order valence-corrected chi connectivity index (χ1v) is 15.6. The van der Waals surface area contributed by atoms with Gasteiger partial charge in [0.2, 0.25) is 0 Å². The van der Waals surface area contributed by atoms with Gasteiger partial charge in [0.15, 0.2) is 0 Å². The molecule has 0 saturated carbocycles. The van der Waals surface area contributed by atoms with Gasteiger partial charge in [-0.25, -0.2) is 0 Å². The van der Waals surface area contributed by atoms with Gasteiger partial charge < -0.3 is 18.0 Å². The van der Waals surface area contributed by atoms with Crippen LogP contribution in [-0.4, -0.2) is 9.13 Å². The van der Waals surface area contributed by atoms with E-state index >= 15 is 0 Å². The topological polar surface area (TPSA) is 36.1 Å². The van der Waals surface area contributed by atoms with Gasteiger partial charge in [0.1, 0.15) is 22.3 Å². The predicted octanol–water partition coefficient (Wildman–Crippen LogP) is 11.7. The number of aromatic nitrogens is 2. The molecule has 0 aliphatic carbocycles. The lowest BCUT2D eigenvalue weighted by Crippen LogP contribution is -1.93. The molecule has 0 amide bonds. The Kier molecular flexibility index (Phi) is 4.55. The van der Waals surface area contributed by atoms with E-state index in [0.717, 1.165) is 93.5 Å². The number of para-hydroxylation sites is 4. The van der Waals surface area contributed by atoms with E-state index in [-0.39, 0.29) is 0 Å². The van der Waals surface area contributed by atoms with Crippen molar-refractivity contribution in [2.24, 2.45) is 0 Å². The normalized spacial score (nSPS) is 12.3. The first kappa shape index (κ1) is 24.1. The van der Waals surface area contributed by atoms with E-state index in [9.17, 15) is 0 Å². The van der Waals surface area contributed by atoms with Crippen molar-refractivity contribution < 1.29 is 8.83 Å². The molecule has 0 radical (unpaired) electrons. The third kappa shape index (κ3) is 2.98. The second-order valence-electron chi connectivity index (χ2n) is 12.1. The Bertz CT molecular complexity index is 3010. The second kappa shape index (κ2) is 8.68. The van der Waals surface area contributed by atoms with Gasteiger partial charge in [-0.1, -0.05) is 72.8 Å². The lowest BCUT2D eigenvalue weighted by molar-refractivity contribution is 0.669. The molecule has 0 saturated heterocycles.